The van der Waals surface area contributed by atoms with Crippen molar-refractivity contribution in [3.05, 3.63) is 39.9 Å². The number of aromatic nitrogens is 1. The summed E-state index contributed by atoms with van der Waals surface area (Å²) in [6.07, 6.45) is 2.41. The fraction of sp³-hybridized carbons (Fsp3) is 0.556. The highest BCUT2D eigenvalue weighted by molar-refractivity contribution is 7.09. The average Bonchev–Trinajstić information content (AvgIpc) is 3.27. The summed E-state index contributed by atoms with van der Waals surface area (Å²) >= 11 is 1.67. The fourth-order valence-corrected chi connectivity index (χ4v) is 3.97. The maximum absolute atomic E-state index is 12.3. The molecule has 6 nitrogen and oxygen atoms in total. The van der Waals surface area contributed by atoms with Crippen LogP contribution in [0.4, 0.5) is 0 Å². The molecule has 0 bridgehead atoms. The zero-order chi connectivity index (χ0) is 17.5. The van der Waals surface area contributed by atoms with Gasteiger partial charge in [0.1, 0.15) is 6.61 Å². The molecule has 2 aromatic rings. The van der Waals surface area contributed by atoms with Crippen molar-refractivity contribution >= 4 is 17.2 Å². The summed E-state index contributed by atoms with van der Waals surface area (Å²) in [5.41, 5.74) is 0.935. The quantitative estimate of drug-likeness (QED) is 0.753. The van der Waals surface area contributed by atoms with E-state index in [0.717, 1.165) is 37.4 Å². The topological polar surface area (TPSA) is 76.4 Å². The number of nitrogens with one attached hydrogen (secondary N) is 2. The molecule has 1 amide bonds. The molecule has 136 valence electrons. The minimum Gasteiger partial charge on any atom is -0.377 e. The molecule has 1 saturated heterocycles. The van der Waals surface area contributed by atoms with Crippen LogP contribution in [-0.4, -0.2) is 31.3 Å². The van der Waals surface area contributed by atoms with Crippen molar-refractivity contribution in [3.63, 3.8) is 0 Å². The Labute approximate surface area is 151 Å². The number of hydrogen-bond donors (Lipinski definition) is 2. The summed E-state index contributed by atoms with van der Waals surface area (Å²) in [4.78, 5) is 13.5. The van der Waals surface area contributed by atoms with Gasteiger partial charge in [0.2, 0.25) is 5.91 Å². The van der Waals surface area contributed by atoms with Crippen LogP contribution in [0.5, 0.6) is 0 Å². The lowest BCUT2D eigenvalue weighted by Crippen LogP contribution is -2.40. The van der Waals surface area contributed by atoms with Gasteiger partial charge in [-0.1, -0.05) is 11.2 Å². The lowest BCUT2D eigenvalue weighted by molar-refractivity contribution is -0.122. The third-order valence-electron chi connectivity index (χ3n) is 4.62. The molecule has 1 aliphatic heterocycles. The van der Waals surface area contributed by atoms with Crippen molar-refractivity contribution in [1.82, 2.24) is 15.8 Å². The molecule has 0 saturated carbocycles. The Morgan fingerprint density at radius 1 is 1.52 bits per heavy atom. The first kappa shape index (κ1) is 18.1. The van der Waals surface area contributed by atoms with E-state index in [2.05, 4.69) is 15.8 Å². The SMILES string of the molecule is COCc1cc(C[C@@H]2CNCC[C@H]2CC(=O)NCc2cccs2)no1. The van der Waals surface area contributed by atoms with Gasteiger partial charge in [-0.15, -0.1) is 11.3 Å². The molecule has 2 atom stereocenters. The molecule has 0 unspecified atom stereocenters. The number of ether oxygens (including phenoxy) is 1. The van der Waals surface area contributed by atoms with Crippen molar-refractivity contribution in [3.8, 4) is 0 Å². The highest BCUT2D eigenvalue weighted by Crippen LogP contribution is 2.26. The zero-order valence-electron chi connectivity index (χ0n) is 14.5. The van der Waals surface area contributed by atoms with E-state index in [1.807, 2.05) is 23.6 Å². The van der Waals surface area contributed by atoms with Gasteiger partial charge < -0.3 is 19.9 Å². The summed E-state index contributed by atoms with van der Waals surface area (Å²) < 4.78 is 10.3. The Hall–Kier alpha value is -1.70. The van der Waals surface area contributed by atoms with E-state index < -0.39 is 0 Å². The van der Waals surface area contributed by atoms with Crippen molar-refractivity contribution < 1.29 is 14.1 Å². The molecule has 1 fully saturated rings. The first-order valence-corrected chi connectivity index (χ1v) is 9.55. The molecule has 2 aromatic heterocycles. The number of hydrogen-bond acceptors (Lipinski definition) is 6. The van der Waals surface area contributed by atoms with E-state index in [4.69, 9.17) is 9.26 Å². The summed E-state index contributed by atoms with van der Waals surface area (Å²) in [7, 11) is 1.64. The van der Waals surface area contributed by atoms with Crippen molar-refractivity contribution in [2.45, 2.75) is 32.4 Å². The highest BCUT2D eigenvalue weighted by Gasteiger charge is 2.28. The lowest BCUT2D eigenvalue weighted by Gasteiger charge is -2.31. The zero-order valence-corrected chi connectivity index (χ0v) is 15.3. The van der Waals surface area contributed by atoms with Crippen LogP contribution in [-0.2, 0) is 29.1 Å². The van der Waals surface area contributed by atoms with Crippen molar-refractivity contribution in [1.29, 1.82) is 0 Å². The van der Waals surface area contributed by atoms with Crippen LogP contribution in [0, 0.1) is 11.8 Å². The van der Waals surface area contributed by atoms with Crippen LogP contribution in [0.25, 0.3) is 0 Å². The molecular formula is C18H25N3O3S. The number of nitrogens with zero attached hydrogens (tertiary/aromatic N) is 1. The molecule has 2 N–H and O–H groups in total. The summed E-state index contributed by atoms with van der Waals surface area (Å²) in [6, 6.07) is 6.00. The normalized spacial score (nSPS) is 20.5. The summed E-state index contributed by atoms with van der Waals surface area (Å²) in [6.45, 7) is 2.93. The third kappa shape index (κ3) is 5.39. The van der Waals surface area contributed by atoms with Crippen LogP contribution in [0.3, 0.4) is 0 Å². The molecule has 3 heterocycles. The summed E-state index contributed by atoms with van der Waals surface area (Å²) in [5.74, 6) is 1.63. The monoisotopic (exact) mass is 363 g/mol. The van der Waals surface area contributed by atoms with Gasteiger partial charge in [0.05, 0.1) is 12.2 Å². The second-order valence-corrected chi connectivity index (χ2v) is 7.53. The van der Waals surface area contributed by atoms with Gasteiger partial charge in [-0.3, -0.25) is 4.79 Å². The van der Waals surface area contributed by atoms with Gasteiger partial charge in [0, 0.05) is 24.5 Å². The minimum absolute atomic E-state index is 0.130. The Balaban J connectivity index is 1.51. The number of carbonyl (C=O) groups excluding carboxylic acids is 1. The second-order valence-electron chi connectivity index (χ2n) is 6.49. The van der Waals surface area contributed by atoms with E-state index in [-0.39, 0.29) is 5.91 Å². The smallest absolute Gasteiger partial charge is 0.220 e. The second kappa shape index (κ2) is 9.12. The number of methoxy groups -OCH3 is 1. The fourth-order valence-electron chi connectivity index (χ4n) is 3.32. The molecule has 0 aromatic carbocycles. The predicted molar refractivity (Wildman–Crippen MR) is 96.2 cm³/mol. The Morgan fingerprint density at radius 3 is 3.24 bits per heavy atom. The Morgan fingerprint density at radius 2 is 2.44 bits per heavy atom. The highest BCUT2D eigenvalue weighted by atomic mass is 32.1. The molecule has 7 heteroatoms. The Bertz CT molecular complexity index is 656. The predicted octanol–water partition coefficient (Wildman–Crippen LogP) is 2.36. The minimum atomic E-state index is 0.130. The van der Waals surface area contributed by atoms with Crippen LogP contribution < -0.4 is 10.6 Å². The van der Waals surface area contributed by atoms with Gasteiger partial charge in [0.25, 0.3) is 0 Å². The van der Waals surface area contributed by atoms with E-state index in [9.17, 15) is 4.79 Å². The van der Waals surface area contributed by atoms with E-state index in [1.54, 1.807) is 18.4 Å². The largest absolute Gasteiger partial charge is 0.377 e. The van der Waals surface area contributed by atoms with Gasteiger partial charge in [0.15, 0.2) is 5.76 Å². The van der Waals surface area contributed by atoms with Crippen molar-refractivity contribution in [2.24, 2.45) is 11.8 Å². The summed E-state index contributed by atoms with van der Waals surface area (Å²) in [5, 5.41) is 12.6. The van der Waals surface area contributed by atoms with Gasteiger partial charge in [-0.25, -0.2) is 0 Å². The molecular weight excluding hydrogens is 338 g/mol. The van der Waals surface area contributed by atoms with Gasteiger partial charge >= 0.3 is 0 Å². The molecule has 0 spiro atoms. The molecule has 1 aliphatic rings. The number of amides is 1. The lowest BCUT2D eigenvalue weighted by atomic mass is 9.81. The first-order chi connectivity index (χ1) is 12.2. The molecule has 0 aliphatic carbocycles. The van der Waals surface area contributed by atoms with Crippen LogP contribution >= 0.6 is 11.3 Å². The maximum Gasteiger partial charge on any atom is 0.220 e. The van der Waals surface area contributed by atoms with Crippen molar-refractivity contribution in [2.75, 3.05) is 20.2 Å². The number of piperidine rings is 1. The van der Waals surface area contributed by atoms with Gasteiger partial charge in [-0.05, 0) is 49.2 Å². The Kier molecular flexibility index (Phi) is 6.61. The standard InChI is InChI=1S/C18H25N3O3S/c1-23-12-16-9-15(21-24-16)7-14-10-19-5-4-13(14)8-18(22)20-11-17-3-2-6-25-17/h2-3,6,9,13-14,19H,4-5,7-8,10-12H2,1H3,(H,20,22)/t13-,14+/m0/s1. The van der Waals surface area contributed by atoms with E-state index in [1.165, 1.54) is 4.88 Å². The number of carbonyl (C=O) groups is 1. The average molecular weight is 363 g/mol. The number of thiophene rings is 1. The molecule has 0 radical (unpaired) electrons. The van der Waals surface area contributed by atoms with Crippen LogP contribution in [0.2, 0.25) is 0 Å². The van der Waals surface area contributed by atoms with Crippen LogP contribution in [0.15, 0.2) is 28.1 Å². The maximum atomic E-state index is 12.3. The first-order valence-electron chi connectivity index (χ1n) is 8.68. The van der Waals surface area contributed by atoms with Crippen LogP contribution in [0.1, 0.15) is 29.2 Å². The van der Waals surface area contributed by atoms with E-state index >= 15 is 0 Å². The van der Waals surface area contributed by atoms with Gasteiger partial charge in [-0.2, -0.15) is 0 Å². The van der Waals surface area contributed by atoms with E-state index in [0.29, 0.717) is 31.4 Å². The molecule has 25 heavy (non-hydrogen) atoms. The number of rotatable bonds is 8. The third-order valence-corrected chi connectivity index (χ3v) is 5.49. The molecule has 3 rings (SSSR count).